The van der Waals surface area contributed by atoms with Gasteiger partial charge in [0.1, 0.15) is 11.6 Å². The Hall–Kier alpha value is -4.66. The van der Waals surface area contributed by atoms with Crippen molar-refractivity contribution in [3.8, 4) is 16.8 Å². The molecule has 0 amide bonds. The van der Waals surface area contributed by atoms with E-state index in [4.69, 9.17) is 5.73 Å². The number of nitrogens with zero attached hydrogens (tertiary/aromatic N) is 5. The van der Waals surface area contributed by atoms with E-state index < -0.39 is 0 Å². The first-order valence-corrected chi connectivity index (χ1v) is 10.4. The summed E-state index contributed by atoms with van der Waals surface area (Å²) in [5.74, 6) is 0.901. The van der Waals surface area contributed by atoms with E-state index in [1.165, 1.54) is 6.20 Å². The summed E-state index contributed by atoms with van der Waals surface area (Å²) in [7, 11) is 1.88. The topological polar surface area (TPSA) is 123 Å². The van der Waals surface area contributed by atoms with Gasteiger partial charge >= 0.3 is 0 Å². The van der Waals surface area contributed by atoms with Crippen molar-refractivity contribution in [2.24, 2.45) is 7.05 Å². The molecule has 0 spiro atoms. The Morgan fingerprint density at radius 3 is 2.67 bits per heavy atom. The lowest BCUT2D eigenvalue weighted by atomic mass is 10.1. The number of carbonyl (C=O) groups is 1. The van der Waals surface area contributed by atoms with Gasteiger partial charge in [0.15, 0.2) is 0 Å². The van der Waals surface area contributed by atoms with Crippen LogP contribution in [-0.2, 0) is 7.05 Å². The maximum absolute atomic E-state index is 13.3. The number of aromatic amines is 2. The number of benzene rings is 2. The van der Waals surface area contributed by atoms with Crippen LogP contribution in [0.15, 0.2) is 61.1 Å². The van der Waals surface area contributed by atoms with Crippen LogP contribution >= 0.6 is 0 Å². The monoisotopic (exact) mass is 436 g/mol. The van der Waals surface area contributed by atoms with E-state index >= 15 is 0 Å². The van der Waals surface area contributed by atoms with Gasteiger partial charge < -0.3 is 15.7 Å². The Morgan fingerprint density at radius 2 is 1.85 bits per heavy atom. The molecular formula is C24H20N8O. The molecule has 4 N–H and O–H groups in total. The lowest BCUT2D eigenvalue weighted by Crippen LogP contribution is -2.07. The SMILES string of the molecule is Cc1nc2ccc(-n3ncc(C(=O)c4cc5ccc(-c6cnn(C)c6)cc5[nH]4)c3N)cc2[nH]1. The third kappa shape index (κ3) is 3.09. The largest absolute Gasteiger partial charge is 0.383 e. The minimum Gasteiger partial charge on any atom is -0.383 e. The summed E-state index contributed by atoms with van der Waals surface area (Å²) < 4.78 is 3.32. The van der Waals surface area contributed by atoms with Crippen molar-refractivity contribution in [2.45, 2.75) is 6.92 Å². The number of ketones is 1. The van der Waals surface area contributed by atoms with Gasteiger partial charge in [-0.1, -0.05) is 12.1 Å². The highest BCUT2D eigenvalue weighted by atomic mass is 16.1. The van der Waals surface area contributed by atoms with Crippen molar-refractivity contribution in [3.05, 3.63) is 78.1 Å². The van der Waals surface area contributed by atoms with Crippen molar-refractivity contribution in [3.63, 3.8) is 0 Å². The maximum Gasteiger partial charge on any atom is 0.214 e. The molecule has 0 fully saturated rings. The number of carbonyl (C=O) groups excluding carboxylic acids is 1. The Bertz CT molecular complexity index is 1680. The van der Waals surface area contributed by atoms with E-state index in [2.05, 4.69) is 25.1 Å². The number of H-pyrrole nitrogens is 2. The second-order valence-electron chi connectivity index (χ2n) is 8.10. The van der Waals surface area contributed by atoms with E-state index in [1.807, 2.05) is 68.8 Å². The van der Waals surface area contributed by atoms with Crippen molar-refractivity contribution in [1.82, 2.24) is 34.5 Å². The standard InChI is InChI=1S/C24H20N8O/c1-13-28-19-6-5-17(9-21(19)29-13)32-24(25)18(11-27-32)23(33)22-8-15-4-3-14(7-20(15)30-22)16-10-26-31(2)12-16/h3-12,30H,25H2,1-2H3,(H,28,29). The van der Waals surface area contributed by atoms with E-state index in [0.717, 1.165) is 44.6 Å². The summed E-state index contributed by atoms with van der Waals surface area (Å²) in [5.41, 5.74) is 12.5. The highest BCUT2D eigenvalue weighted by molar-refractivity contribution is 6.12. The van der Waals surface area contributed by atoms with Gasteiger partial charge in [0.2, 0.25) is 5.78 Å². The molecule has 0 aliphatic heterocycles. The van der Waals surface area contributed by atoms with Crippen LogP contribution in [0, 0.1) is 6.92 Å². The van der Waals surface area contributed by atoms with Gasteiger partial charge in [-0.25, -0.2) is 9.67 Å². The molecule has 0 aliphatic carbocycles. The van der Waals surface area contributed by atoms with Crippen LogP contribution in [0.3, 0.4) is 0 Å². The zero-order valence-electron chi connectivity index (χ0n) is 18.0. The Kier molecular flexibility index (Phi) is 4.00. The number of nitrogen functional groups attached to an aromatic ring is 1. The lowest BCUT2D eigenvalue weighted by Gasteiger charge is -2.05. The van der Waals surface area contributed by atoms with Crippen molar-refractivity contribution >= 4 is 33.5 Å². The van der Waals surface area contributed by atoms with Gasteiger partial charge in [0.05, 0.1) is 40.4 Å². The highest BCUT2D eigenvalue weighted by Gasteiger charge is 2.20. The highest BCUT2D eigenvalue weighted by Crippen LogP contribution is 2.27. The molecule has 33 heavy (non-hydrogen) atoms. The molecule has 0 bridgehead atoms. The molecule has 6 aromatic rings. The molecule has 0 aliphatic rings. The van der Waals surface area contributed by atoms with Crippen LogP contribution in [-0.4, -0.2) is 40.3 Å². The van der Waals surface area contributed by atoms with Crippen LogP contribution < -0.4 is 5.73 Å². The molecule has 162 valence electrons. The number of aryl methyl sites for hydroxylation is 2. The number of aromatic nitrogens is 7. The minimum absolute atomic E-state index is 0.212. The van der Waals surface area contributed by atoms with Gasteiger partial charge in [0.25, 0.3) is 0 Å². The fraction of sp³-hybridized carbons (Fsp3) is 0.0833. The van der Waals surface area contributed by atoms with E-state index in [9.17, 15) is 4.79 Å². The second-order valence-corrected chi connectivity index (χ2v) is 8.10. The van der Waals surface area contributed by atoms with E-state index in [-0.39, 0.29) is 11.6 Å². The van der Waals surface area contributed by atoms with Crippen molar-refractivity contribution in [1.29, 1.82) is 0 Å². The summed E-state index contributed by atoms with van der Waals surface area (Å²) >= 11 is 0. The molecule has 0 unspecified atom stereocenters. The fourth-order valence-electron chi connectivity index (χ4n) is 4.14. The Morgan fingerprint density at radius 1 is 0.970 bits per heavy atom. The van der Waals surface area contributed by atoms with E-state index in [0.29, 0.717) is 11.3 Å². The number of fused-ring (bicyclic) bond motifs is 2. The van der Waals surface area contributed by atoms with Gasteiger partial charge in [-0.15, -0.1) is 0 Å². The first-order chi connectivity index (χ1) is 16.0. The minimum atomic E-state index is -0.212. The quantitative estimate of drug-likeness (QED) is 0.363. The predicted octanol–water partition coefficient (Wildman–Crippen LogP) is 3.75. The molecule has 4 heterocycles. The number of anilines is 1. The summed E-state index contributed by atoms with van der Waals surface area (Å²) in [6.45, 7) is 1.90. The van der Waals surface area contributed by atoms with E-state index in [1.54, 1.807) is 9.36 Å². The zero-order chi connectivity index (χ0) is 22.7. The smallest absolute Gasteiger partial charge is 0.214 e. The van der Waals surface area contributed by atoms with Gasteiger partial charge in [0, 0.05) is 29.7 Å². The molecular weight excluding hydrogens is 416 g/mol. The first-order valence-electron chi connectivity index (χ1n) is 10.4. The fourth-order valence-corrected chi connectivity index (χ4v) is 4.14. The number of nitrogens with two attached hydrogens (primary N) is 1. The van der Waals surface area contributed by atoms with Gasteiger partial charge in [-0.05, 0) is 42.8 Å². The zero-order valence-corrected chi connectivity index (χ0v) is 18.0. The van der Waals surface area contributed by atoms with Crippen LogP contribution in [0.5, 0.6) is 0 Å². The molecule has 6 rings (SSSR count). The summed E-state index contributed by atoms with van der Waals surface area (Å²) in [4.78, 5) is 24.1. The third-order valence-corrected chi connectivity index (χ3v) is 5.78. The Balaban J connectivity index is 1.35. The second kappa shape index (κ2) is 6.92. The maximum atomic E-state index is 13.3. The number of hydrogen-bond donors (Lipinski definition) is 3. The number of rotatable bonds is 4. The van der Waals surface area contributed by atoms with Gasteiger partial charge in [-0.2, -0.15) is 10.2 Å². The molecule has 0 atom stereocenters. The molecule has 4 aromatic heterocycles. The van der Waals surface area contributed by atoms with Crippen LogP contribution in [0.25, 0.3) is 38.8 Å². The summed E-state index contributed by atoms with van der Waals surface area (Å²) in [5, 5.41) is 9.54. The van der Waals surface area contributed by atoms with Crippen molar-refractivity contribution < 1.29 is 4.79 Å². The number of nitrogens with one attached hydrogen (secondary N) is 2. The average molecular weight is 436 g/mol. The van der Waals surface area contributed by atoms with Crippen LogP contribution in [0.2, 0.25) is 0 Å². The van der Waals surface area contributed by atoms with Crippen molar-refractivity contribution in [2.75, 3.05) is 5.73 Å². The van der Waals surface area contributed by atoms with Crippen LogP contribution in [0.1, 0.15) is 21.9 Å². The number of imidazole rings is 1. The predicted molar refractivity (Wildman–Crippen MR) is 126 cm³/mol. The molecule has 9 heteroatoms. The van der Waals surface area contributed by atoms with Gasteiger partial charge in [-0.3, -0.25) is 9.48 Å². The number of hydrogen-bond acceptors (Lipinski definition) is 5. The Labute approximate surface area is 187 Å². The molecule has 0 saturated heterocycles. The van der Waals surface area contributed by atoms with Crippen LogP contribution in [0.4, 0.5) is 5.82 Å². The molecule has 9 nitrogen and oxygen atoms in total. The normalized spacial score (nSPS) is 11.6. The summed E-state index contributed by atoms with van der Waals surface area (Å²) in [6.07, 6.45) is 5.27. The third-order valence-electron chi connectivity index (χ3n) is 5.78. The molecule has 0 radical (unpaired) electrons. The first kappa shape index (κ1) is 19.1. The average Bonchev–Trinajstić information content (AvgIpc) is 3.57. The molecule has 2 aromatic carbocycles. The summed E-state index contributed by atoms with van der Waals surface area (Å²) in [6, 6.07) is 13.5. The molecule has 0 saturated carbocycles. The lowest BCUT2D eigenvalue weighted by molar-refractivity contribution is 0.103.